The first-order valence-corrected chi connectivity index (χ1v) is 24.6. The maximum absolute atomic E-state index is 2.60. The van der Waals surface area contributed by atoms with E-state index in [1.807, 2.05) is 0 Å². The highest BCUT2D eigenvalue weighted by Crippen LogP contribution is 2.62. The molecule has 2 aliphatic carbocycles. The molecule has 0 unspecified atom stereocenters. The van der Waals surface area contributed by atoms with Crippen LogP contribution in [0.25, 0.3) is 12.2 Å². The van der Waals surface area contributed by atoms with Crippen LogP contribution in [0.4, 0.5) is 51.2 Å². The zero-order valence-corrected chi connectivity index (χ0v) is 41.3. The van der Waals surface area contributed by atoms with E-state index in [-0.39, 0.29) is 21.7 Å². The van der Waals surface area contributed by atoms with Crippen LogP contribution in [-0.2, 0) is 34.5 Å². The molecule has 0 aromatic heterocycles. The minimum atomic E-state index is -0.375. The zero-order chi connectivity index (χ0) is 46.6. The van der Waals surface area contributed by atoms with E-state index in [1.54, 1.807) is 0 Å². The SMILES string of the molecule is CC(C)(C)c1ccc(N(c2ccc3c(c2)C(C)(C)c2cc(N(c4ccc(C(C)(C)C)cc4)c4cccc5c4C=CCC5)cc4c2N3c2ccccc2C4(C)C)c2cccc3c2C=CCC3)cc1. The Bertz CT molecular complexity index is 3140. The van der Waals surface area contributed by atoms with Gasteiger partial charge in [-0.25, -0.2) is 0 Å². The van der Waals surface area contributed by atoms with Crippen LogP contribution < -0.4 is 14.7 Å². The van der Waals surface area contributed by atoms with Gasteiger partial charge in [-0.3, -0.25) is 0 Å². The summed E-state index contributed by atoms with van der Waals surface area (Å²) in [7, 11) is 0. The molecule has 0 spiro atoms. The van der Waals surface area contributed by atoms with Crippen LogP contribution in [0, 0.1) is 0 Å². The predicted octanol–water partition coefficient (Wildman–Crippen LogP) is 17.9. The number of benzene rings is 7. The van der Waals surface area contributed by atoms with Gasteiger partial charge < -0.3 is 14.7 Å². The normalized spacial score (nSPS) is 16.1. The fourth-order valence-corrected chi connectivity index (χ4v) is 11.5. The first-order chi connectivity index (χ1) is 32.0. The summed E-state index contributed by atoms with van der Waals surface area (Å²) in [5, 5.41) is 0. The van der Waals surface area contributed by atoms with Crippen LogP contribution in [0.2, 0.25) is 0 Å². The van der Waals surface area contributed by atoms with E-state index in [0.717, 1.165) is 37.1 Å². The van der Waals surface area contributed by atoms with E-state index in [4.69, 9.17) is 0 Å². The molecule has 67 heavy (non-hydrogen) atoms. The van der Waals surface area contributed by atoms with Crippen LogP contribution in [0.3, 0.4) is 0 Å². The first kappa shape index (κ1) is 43.0. The molecule has 0 fully saturated rings. The summed E-state index contributed by atoms with van der Waals surface area (Å²) in [6.45, 7) is 23.6. The molecule has 0 bridgehead atoms. The molecule has 2 heterocycles. The summed E-state index contributed by atoms with van der Waals surface area (Å²) in [5.41, 5.74) is 23.8. The second kappa shape index (κ2) is 15.5. The number of allylic oxidation sites excluding steroid dienone is 2. The minimum Gasteiger partial charge on any atom is -0.310 e. The number of hydrogen-bond donors (Lipinski definition) is 0. The second-order valence-corrected chi connectivity index (χ2v) is 22.5. The molecule has 0 saturated heterocycles. The molecule has 11 rings (SSSR count). The lowest BCUT2D eigenvalue weighted by molar-refractivity contribution is 0.590. The van der Waals surface area contributed by atoms with Crippen molar-refractivity contribution in [2.75, 3.05) is 14.7 Å². The third-order valence-electron chi connectivity index (χ3n) is 15.4. The summed E-state index contributed by atoms with van der Waals surface area (Å²) in [4.78, 5) is 7.66. The van der Waals surface area contributed by atoms with E-state index in [1.165, 1.54) is 95.4 Å². The van der Waals surface area contributed by atoms with Crippen molar-refractivity contribution in [1.29, 1.82) is 0 Å². The van der Waals surface area contributed by atoms with E-state index in [9.17, 15) is 0 Å². The average Bonchev–Trinajstić information content (AvgIpc) is 3.32. The van der Waals surface area contributed by atoms with Gasteiger partial charge in [-0.05, 0) is 154 Å². The number of aryl methyl sites for hydroxylation is 2. The third-order valence-corrected chi connectivity index (χ3v) is 15.4. The Morgan fingerprint density at radius 3 is 1.40 bits per heavy atom. The molecule has 7 aromatic rings. The highest BCUT2D eigenvalue weighted by Gasteiger charge is 2.46. The monoisotopic (exact) mass is 876 g/mol. The summed E-state index contributed by atoms with van der Waals surface area (Å²) in [6, 6.07) is 53.9. The van der Waals surface area contributed by atoms with Gasteiger partial charge in [-0.15, -0.1) is 0 Å². The fourth-order valence-electron chi connectivity index (χ4n) is 11.5. The van der Waals surface area contributed by atoms with Crippen LogP contribution in [-0.4, -0.2) is 0 Å². The van der Waals surface area contributed by atoms with Crippen molar-refractivity contribution < 1.29 is 0 Å². The smallest absolute Gasteiger partial charge is 0.0545 e. The van der Waals surface area contributed by atoms with Crippen molar-refractivity contribution in [3.05, 3.63) is 207 Å². The zero-order valence-electron chi connectivity index (χ0n) is 41.3. The van der Waals surface area contributed by atoms with Gasteiger partial charge >= 0.3 is 0 Å². The number of anilines is 9. The summed E-state index contributed by atoms with van der Waals surface area (Å²) >= 11 is 0. The quantitative estimate of drug-likeness (QED) is 0.165. The van der Waals surface area contributed by atoms with Gasteiger partial charge in [-0.1, -0.05) is 160 Å². The van der Waals surface area contributed by atoms with Gasteiger partial charge in [0.05, 0.1) is 28.4 Å². The van der Waals surface area contributed by atoms with Gasteiger partial charge in [0.25, 0.3) is 0 Å². The molecule has 3 heteroatoms. The molecule has 0 radical (unpaired) electrons. The lowest BCUT2D eigenvalue weighted by Crippen LogP contribution is -2.38. The number of nitrogens with zero attached hydrogens (tertiary/aromatic N) is 3. The Morgan fingerprint density at radius 1 is 0.433 bits per heavy atom. The van der Waals surface area contributed by atoms with Crippen molar-refractivity contribution in [3.63, 3.8) is 0 Å². The van der Waals surface area contributed by atoms with Crippen LogP contribution in [0.15, 0.2) is 152 Å². The van der Waals surface area contributed by atoms with E-state index in [2.05, 4.69) is 248 Å². The first-order valence-electron chi connectivity index (χ1n) is 24.6. The summed E-state index contributed by atoms with van der Waals surface area (Å²) in [5.74, 6) is 0. The molecule has 3 nitrogen and oxygen atoms in total. The Kier molecular flexibility index (Phi) is 9.95. The maximum Gasteiger partial charge on any atom is 0.0545 e. The Balaban J connectivity index is 1.16. The number of para-hydroxylation sites is 1. The Labute approximate surface area is 400 Å². The van der Waals surface area contributed by atoms with Crippen molar-refractivity contribution in [2.24, 2.45) is 0 Å². The van der Waals surface area contributed by atoms with Gasteiger partial charge in [-0.2, -0.15) is 0 Å². The minimum absolute atomic E-state index is 0.0488. The maximum atomic E-state index is 2.60. The summed E-state index contributed by atoms with van der Waals surface area (Å²) < 4.78 is 0. The number of fused-ring (bicyclic) bond motifs is 6. The molecule has 7 aromatic carbocycles. The van der Waals surface area contributed by atoms with Gasteiger partial charge in [0, 0.05) is 44.7 Å². The molecule has 336 valence electrons. The fraction of sp³-hybridized carbons (Fsp3) is 0.281. The van der Waals surface area contributed by atoms with E-state index < -0.39 is 0 Å². The molecular formula is C64H65N3. The Hall–Kier alpha value is -6.58. The standard InChI is InChI=1S/C64H65N3/c1-61(2,3)44-29-33-46(34-30-44)65(56-27-17-21-42-19-11-13-23-50(42)56)48-37-38-59-53(39-48)64(9,10)55-41-49(40-54-60(55)67(59)58-26-16-15-25-52(58)63(54,7)8)66(47-35-31-45(32-36-47)62(4,5)6)57-28-18-22-43-20-12-14-24-51(43)57/h13-18,21-41H,11-12,19-20H2,1-10H3. The van der Waals surface area contributed by atoms with E-state index in [0.29, 0.717) is 0 Å². The third kappa shape index (κ3) is 6.99. The molecule has 0 N–H and O–H groups in total. The summed E-state index contributed by atoms with van der Waals surface area (Å²) in [6.07, 6.45) is 13.7. The lowest BCUT2D eigenvalue weighted by atomic mass is 9.66. The highest BCUT2D eigenvalue weighted by molar-refractivity contribution is 5.97. The second-order valence-electron chi connectivity index (χ2n) is 22.5. The topological polar surface area (TPSA) is 9.72 Å². The molecule has 0 amide bonds. The Morgan fingerprint density at radius 2 is 0.881 bits per heavy atom. The van der Waals surface area contributed by atoms with Gasteiger partial charge in [0.2, 0.25) is 0 Å². The number of hydrogen-bond acceptors (Lipinski definition) is 3. The molecule has 0 saturated carbocycles. The van der Waals surface area contributed by atoms with Crippen molar-refractivity contribution in [2.45, 2.75) is 117 Å². The van der Waals surface area contributed by atoms with Gasteiger partial charge in [0.1, 0.15) is 0 Å². The predicted molar refractivity (Wildman–Crippen MR) is 287 cm³/mol. The molecular weight excluding hydrogens is 811 g/mol. The van der Waals surface area contributed by atoms with E-state index >= 15 is 0 Å². The van der Waals surface area contributed by atoms with Gasteiger partial charge in [0.15, 0.2) is 0 Å². The highest BCUT2D eigenvalue weighted by atomic mass is 15.2. The van der Waals surface area contributed by atoms with Crippen molar-refractivity contribution in [1.82, 2.24) is 0 Å². The molecule has 0 atom stereocenters. The lowest BCUT2D eigenvalue weighted by Gasteiger charge is -2.50. The largest absolute Gasteiger partial charge is 0.310 e. The van der Waals surface area contributed by atoms with Crippen LogP contribution in [0.5, 0.6) is 0 Å². The van der Waals surface area contributed by atoms with Crippen molar-refractivity contribution >= 4 is 63.3 Å². The van der Waals surface area contributed by atoms with Crippen LogP contribution in [0.1, 0.15) is 138 Å². The molecule has 4 aliphatic rings. The number of rotatable bonds is 6. The average molecular weight is 876 g/mol. The van der Waals surface area contributed by atoms with Crippen molar-refractivity contribution in [3.8, 4) is 0 Å². The van der Waals surface area contributed by atoms with Crippen LogP contribution >= 0.6 is 0 Å². The molecule has 2 aliphatic heterocycles.